The van der Waals surface area contributed by atoms with Crippen LogP contribution >= 0.6 is 0 Å². The molecule has 21 heavy (non-hydrogen) atoms. The number of benzene rings is 1. The third-order valence-electron chi connectivity index (χ3n) is 3.59. The number of nitrogens with zero attached hydrogens (tertiary/aromatic N) is 1. The first-order valence-corrected chi connectivity index (χ1v) is 7.04. The molecule has 0 bridgehead atoms. The van der Waals surface area contributed by atoms with Crippen LogP contribution in [0.2, 0.25) is 0 Å². The molecule has 1 aliphatic heterocycles. The molecule has 0 fully saturated rings. The molecule has 1 aromatic carbocycles. The van der Waals surface area contributed by atoms with Crippen molar-refractivity contribution in [1.82, 2.24) is 4.90 Å². The summed E-state index contributed by atoms with van der Waals surface area (Å²) in [4.78, 5) is 25.6. The quantitative estimate of drug-likeness (QED) is 0.907. The fraction of sp³-hybridized carbons (Fsp3) is 0.375. The van der Waals surface area contributed by atoms with Gasteiger partial charge in [-0.2, -0.15) is 0 Å². The van der Waals surface area contributed by atoms with Crippen molar-refractivity contribution < 1.29 is 19.1 Å². The number of aliphatic hydroxyl groups is 1. The first-order valence-electron chi connectivity index (χ1n) is 7.04. The van der Waals surface area contributed by atoms with Gasteiger partial charge in [-0.1, -0.05) is 32.0 Å². The van der Waals surface area contributed by atoms with Crippen LogP contribution in [0, 0.1) is 5.82 Å². The maximum absolute atomic E-state index is 14.1. The van der Waals surface area contributed by atoms with Crippen LogP contribution in [-0.4, -0.2) is 28.2 Å². The molecule has 0 spiro atoms. The lowest BCUT2D eigenvalue weighted by Crippen LogP contribution is -2.32. The van der Waals surface area contributed by atoms with Crippen LogP contribution < -0.4 is 0 Å². The standard InChI is InChI=1S/C16H18FNO3/c1-3-9-18-14(10-7-5-6-8-11(10)17)13(12(19)4-2)15(20)16(18)21/h5-8,14,20H,3-4,9H2,1-2H3. The zero-order chi connectivity index (χ0) is 15.6. The summed E-state index contributed by atoms with van der Waals surface area (Å²) in [5.41, 5.74) is 0.237. The average molecular weight is 291 g/mol. The summed E-state index contributed by atoms with van der Waals surface area (Å²) in [5, 5.41) is 10.0. The molecule has 1 aromatic rings. The number of halogens is 1. The van der Waals surface area contributed by atoms with E-state index in [0.29, 0.717) is 13.0 Å². The first kappa shape index (κ1) is 15.2. The summed E-state index contributed by atoms with van der Waals surface area (Å²) >= 11 is 0. The van der Waals surface area contributed by atoms with Crippen molar-refractivity contribution in [3.05, 3.63) is 47.0 Å². The van der Waals surface area contributed by atoms with Crippen LogP contribution in [-0.2, 0) is 9.59 Å². The van der Waals surface area contributed by atoms with Gasteiger partial charge in [0.25, 0.3) is 5.91 Å². The molecule has 2 rings (SSSR count). The van der Waals surface area contributed by atoms with E-state index in [9.17, 15) is 19.1 Å². The molecule has 1 amide bonds. The van der Waals surface area contributed by atoms with Crippen LogP contribution in [0.5, 0.6) is 0 Å². The van der Waals surface area contributed by atoms with Crippen LogP contribution in [0.3, 0.4) is 0 Å². The largest absolute Gasteiger partial charge is 0.503 e. The smallest absolute Gasteiger partial charge is 0.290 e. The van der Waals surface area contributed by atoms with E-state index in [0.717, 1.165) is 0 Å². The van der Waals surface area contributed by atoms with Crippen molar-refractivity contribution in [3.8, 4) is 0 Å². The summed E-state index contributed by atoms with van der Waals surface area (Å²) in [7, 11) is 0. The Morgan fingerprint density at radius 3 is 2.57 bits per heavy atom. The van der Waals surface area contributed by atoms with Gasteiger partial charge in [-0.05, 0) is 12.5 Å². The Bertz CT molecular complexity index is 609. The number of hydrogen-bond acceptors (Lipinski definition) is 3. The van der Waals surface area contributed by atoms with Crippen LogP contribution in [0.25, 0.3) is 0 Å². The molecular weight excluding hydrogens is 273 g/mol. The number of rotatable bonds is 5. The molecule has 0 aromatic heterocycles. The number of hydrogen-bond donors (Lipinski definition) is 1. The fourth-order valence-corrected chi connectivity index (χ4v) is 2.62. The molecule has 0 saturated heterocycles. The SMILES string of the molecule is CCCN1C(=O)C(O)=C(C(=O)CC)C1c1ccccc1F. The van der Waals surface area contributed by atoms with Gasteiger partial charge in [0.15, 0.2) is 11.5 Å². The molecule has 0 radical (unpaired) electrons. The predicted molar refractivity (Wildman–Crippen MR) is 76.1 cm³/mol. The van der Waals surface area contributed by atoms with Crippen molar-refractivity contribution in [2.75, 3.05) is 6.54 Å². The Labute approximate surface area is 122 Å². The molecule has 1 heterocycles. The van der Waals surface area contributed by atoms with Gasteiger partial charge in [0.2, 0.25) is 0 Å². The minimum absolute atomic E-state index is 0.000972. The van der Waals surface area contributed by atoms with Gasteiger partial charge >= 0.3 is 0 Å². The Morgan fingerprint density at radius 2 is 2.00 bits per heavy atom. The Balaban J connectivity index is 2.58. The summed E-state index contributed by atoms with van der Waals surface area (Å²) in [5.74, 6) is -1.99. The molecule has 112 valence electrons. The molecule has 1 N–H and O–H groups in total. The number of Topliss-reactive ketones (excluding diaryl/α,β-unsaturated/α-hetero) is 1. The highest BCUT2D eigenvalue weighted by Crippen LogP contribution is 2.39. The van der Waals surface area contributed by atoms with Gasteiger partial charge in [-0.3, -0.25) is 9.59 Å². The number of carbonyl (C=O) groups is 2. The first-order chi connectivity index (χ1) is 10.0. The summed E-state index contributed by atoms with van der Waals surface area (Å²) in [6.45, 7) is 3.87. The third kappa shape index (κ3) is 2.55. The lowest BCUT2D eigenvalue weighted by molar-refractivity contribution is -0.129. The van der Waals surface area contributed by atoms with Gasteiger partial charge in [-0.25, -0.2) is 4.39 Å². The van der Waals surface area contributed by atoms with Crippen LogP contribution in [0.15, 0.2) is 35.6 Å². The predicted octanol–water partition coefficient (Wildman–Crippen LogP) is 2.91. The highest BCUT2D eigenvalue weighted by molar-refractivity contribution is 6.08. The van der Waals surface area contributed by atoms with E-state index < -0.39 is 23.5 Å². The monoisotopic (exact) mass is 291 g/mol. The zero-order valence-electron chi connectivity index (χ0n) is 12.1. The van der Waals surface area contributed by atoms with Gasteiger partial charge < -0.3 is 10.0 Å². The molecule has 0 saturated carbocycles. The van der Waals surface area contributed by atoms with Gasteiger partial charge in [0, 0.05) is 18.5 Å². The Morgan fingerprint density at radius 1 is 1.33 bits per heavy atom. The lowest BCUT2D eigenvalue weighted by atomic mass is 9.94. The second kappa shape index (κ2) is 6.08. The second-order valence-corrected chi connectivity index (χ2v) is 4.96. The highest BCUT2D eigenvalue weighted by Gasteiger charge is 2.43. The summed E-state index contributed by atoms with van der Waals surface area (Å²) in [6.07, 6.45) is 0.801. The maximum atomic E-state index is 14.1. The zero-order valence-corrected chi connectivity index (χ0v) is 12.1. The van der Waals surface area contributed by atoms with E-state index >= 15 is 0 Å². The Kier molecular flexibility index (Phi) is 4.40. The molecule has 0 aliphatic carbocycles. The van der Waals surface area contributed by atoms with Crippen molar-refractivity contribution in [2.45, 2.75) is 32.7 Å². The van der Waals surface area contributed by atoms with Crippen LogP contribution in [0.1, 0.15) is 38.3 Å². The summed E-state index contributed by atoms with van der Waals surface area (Å²) in [6, 6.07) is 5.18. The topological polar surface area (TPSA) is 57.6 Å². The van der Waals surface area contributed by atoms with E-state index in [-0.39, 0.29) is 23.3 Å². The van der Waals surface area contributed by atoms with Gasteiger partial charge in [-0.15, -0.1) is 0 Å². The average Bonchev–Trinajstić information content (AvgIpc) is 2.72. The van der Waals surface area contributed by atoms with Crippen molar-refractivity contribution in [1.29, 1.82) is 0 Å². The third-order valence-corrected chi connectivity index (χ3v) is 3.59. The van der Waals surface area contributed by atoms with Gasteiger partial charge in [0.1, 0.15) is 5.82 Å². The second-order valence-electron chi connectivity index (χ2n) is 4.96. The van der Waals surface area contributed by atoms with E-state index in [1.54, 1.807) is 19.1 Å². The van der Waals surface area contributed by atoms with E-state index in [1.165, 1.54) is 17.0 Å². The normalized spacial score (nSPS) is 18.5. The fourth-order valence-electron chi connectivity index (χ4n) is 2.62. The van der Waals surface area contributed by atoms with Gasteiger partial charge in [0.05, 0.1) is 11.6 Å². The number of carbonyl (C=O) groups excluding carboxylic acids is 2. The molecule has 5 heteroatoms. The van der Waals surface area contributed by atoms with E-state index in [1.807, 2.05) is 6.92 Å². The maximum Gasteiger partial charge on any atom is 0.290 e. The Hall–Kier alpha value is -2.17. The number of ketones is 1. The minimum Gasteiger partial charge on any atom is -0.503 e. The van der Waals surface area contributed by atoms with E-state index in [4.69, 9.17) is 0 Å². The minimum atomic E-state index is -0.842. The molecule has 1 unspecified atom stereocenters. The van der Waals surface area contributed by atoms with Crippen molar-refractivity contribution >= 4 is 11.7 Å². The number of amides is 1. The number of aliphatic hydroxyl groups excluding tert-OH is 1. The molecule has 4 nitrogen and oxygen atoms in total. The van der Waals surface area contributed by atoms with E-state index in [2.05, 4.69) is 0 Å². The molecule has 1 aliphatic rings. The van der Waals surface area contributed by atoms with Crippen molar-refractivity contribution in [2.24, 2.45) is 0 Å². The lowest BCUT2D eigenvalue weighted by Gasteiger charge is -2.26. The highest BCUT2D eigenvalue weighted by atomic mass is 19.1. The van der Waals surface area contributed by atoms with Crippen LogP contribution in [0.4, 0.5) is 4.39 Å². The van der Waals surface area contributed by atoms with Crippen molar-refractivity contribution in [3.63, 3.8) is 0 Å². The molecule has 1 atom stereocenters. The molecular formula is C16H18FNO3. The summed E-state index contributed by atoms with van der Waals surface area (Å²) < 4.78 is 14.1.